The van der Waals surface area contributed by atoms with Crippen LogP contribution < -0.4 is 10.3 Å². The Morgan fingerprint density at radius 3 is 2.63 bits per heavy atom. The highest BCUT2D eigenvalue weighted by Crippen LogP contribution is 2.26. The minimum absolute atomic E-state index is 0.114. The average molecular weight is 401 g/mol. The first-order chi connectivity index (χ1) is 14.4. The molecule has 7 heteroatoms. The van der Waals surface area contributed by atoms with E-state index < -0.39 is 0 Å². The summed E-state index contributed by atoms with van der Waals surface area (Å²) in [5, 5.41) is 12.9. The molecule has 1 aromatic heterocycles. The fourth-order valence-corrected chi connectivity index (χ4v) is 3.41. The number of nitrogens with one attached hydrogen (secondary N) is 1. The number of carbonyl (C=O) groups is 2. The van der Waals surface area contributed by atoms with Gasteiger partial charge in [0.2, 0.25) is 5.91 Å². The van der Waals surface area contributed by atoms with E-state index in [9.17, 15) is 9.59 Å². The maximum atomic E-state index is 12.9. The summed E-state index contributed by atoms with van der Waals surface area (Å²) in [6, 6.07) is 15.2. The van der Waals surface area contributed by atoms with E-state index in [0.29, 0.717) is 23.5 Å². The Kier molecular flexibility index (Phi) is 5.18. The number of hydrazone groups is 1. The van der Waals surface area contributed by atoms with Crippen molar-refractivity contribution >= 4 is 28.9 Å². The van der Waals surface area contributed by atoms with Gasteiger partial charge in [0, 0.05) is 30.4 Å². The Labute approximate surface area is 175 Å². The lowest BCUT2D eigenvalue weighted by Gasteiger charge is -2.24. The lowest BCUT2D eigenvalue weighted by Crippen LogP contribution is -2.36. The van der Waals surface area contributed by atoms with Crippen LogP contribution in [0.2, 0.25) is 0 Å². The Morgan fingerprint density at radius 2 is 1.87 bits per heavy atom. The van der Waals surface area contributed by atoms with E-state index in [0.717, 1.165) is 22.5 Å². The van der Waals surface area contributed by atoms with Gasteiger partial charge in [-0.1, -0.05) is 18.2 Å². The van der Waals surface area contributed by atoms with Gasteiger partial charge in [-0.05, 0) is 62.2 Å². The largest absolute Gasteiger partial charge is 0.321 e. The van der Waals surface area contributed by atoms with Crippen LogP contribution in [0.3, 0.4) is 0 Å². The molecule has 0 saturated heterocycles. The van der Waals surface area contributed by atoms with Gasteiger partial charge in [-0.25, -0.2) is 9.69 Å². The monoisotopic (exact) mass is 401 g/mol. The van der Waals surface area contributed by atoms with Gasteiger partial charge >= 0.3 is 0 Å². The molecule has 0 spiro atoms. The summed E-state index contributed by atoms with van der Waals surface area (Å²) < 4.78 is 1.80. The Bertz CT molecular complexity index is 1160. The normalized spacial score (nSPS) is 13.9. The highest BCUT2D eigenvalue weighted by molar-refractivity contribution is 6.44. The number of aromatic nitrogens is 2. The quantitative estimate of drug-likeness (QED) is 0.720. The van der Waals surface area contributed by atoms with Gasteiger partial charge in [0.25, 0.3) is 5.91 Å². The van der Waals surface area contributed by atoms with Gasteiger partial charge in [-0.2, -0.15) is 10.2 Å². The lowest BCUT2D eigenvalue weighted by molar-refractivity contribution is -0.118. The van der Waals surface area contributed by atoms with E-state index in [1.807, 2.05) is 69.3 Å². The first-order valence-electron chi connectivity index (χ1n) is 9.82. The predicted octanol–water partition coefficient (Wildman–Crippen LogP) is 3.92. The molecule has 0 aliphatic carbocycles. The maximum absolute atomic E-state index is 12.9. The van der Waals surface area contributed by atoms with Gasteiger partial charge in [-0.3, -0.25) is 9.59 Å². The summed E-state index contributed by atoms with van der Waals surface area (Å²) in [4.78, 5) is 25.3. The number of carbonyl (C=O) groups excluding carboxylic acids is 2. The van der Waals surface area contributed by atoms with Crippen molar-refractivity contribution in [3.8, 4) is 5.69 Å². The molecule has 0 saturated carbocycles. The molecule has 4 rings (SSSR count). The second-order valence-electron chi connectivity index (χ2n) is 7.43. The highest BCUT2D eigenvalue weighted by Gasteiger charge is 2.26. The molecule has 1 aliphatic rings. The van der Waals surface area contributed by atoms with E-state index in [1.165, 1.54) is 5.01 Å². The molecular weight excluding hydrogens is 378 g/mol. The van der Waals surface area contributed by atoms with Crippen LogP contribution in [-0.4, -0.2) is 27.3 Å². The van der Waals surface area contributed by atoms with Crippen molar-refractivity contribution in [1.82, 2.24) is 9.78 Å². The van der Waals surface area contributed by atoms with E-state index in [-0.39, 0.29) is 18.2 Å². The minimum atomic E-state index is -0.313. The Hall–Kier alpha value is -3.74. The van der Waals surface area contributed by atoms with E-state index >= 15 is 0 Å². The molecule has 2 heterocycles. The third kappa shape index (κ3) is 3.87. The summed E-state index contributed by atoms with van der Waals surface area (Å²) >= 11 is 0. The lowest BCUT2D eigenvalue weighted by atomic mass is 10.1. The zero-order valence-electron chi connectivity index (χ0n) is 17.2. The average Bonchev–Trinajstić information content (AvgIpc) is 3.16. The fraction of sp³-hybridized carbons (Fsp3) is 0.217. The third-order valence-electron chi connectivity index (χ3n) is 5.07. The Balaban J connectivity index is 1.58. The van der Waals surface area contributed by atoms with Crippen LogP contribution >= 0.6 is 0 Å². The smallest absolute Gasteiger partial charge is 0.271 e. The van der Waals surface area contributed by atoms with Crippen molar-refractivity contribution in [2.24, 2.45) is 5.10 Å². The number of benzene rings is 2. The van der Waals surface area contributed by atoms with Gasteiger partial charge in [0.15, 0.2) is 0 Å². The van der Waals surface area contributed by atoms with Crippen molar-refractivity contribution in [3.63, 3.8) is 0 Å². The SMILES string of the molecule is Cc1ccc(C)c(N2N=C(C(=O)Nc3cccc(-n4nccc4C)c3)CCC2=O)c1. The van der Waals surface area contributed by atoms with Crippen molar-refractivity contribution in [1.29, 1.82) is 0 Å². The topological polar surface area (TPSA) is 79.6 Å². The van der Waals surface area contributed by atoms with Gasteiger partial charge in [0.1, 0.15) is 5.71 Å². The molecule has 3 aromatic rings. The van der Waals surface area contributed by atoms with Crippen LogP contribution in [0, 0.1) is 20.8 Å². The highest BCUT2D eigenvalue weighted by atomic mass is 16.2. The standard InChI is InChI=1S/C23H23N5O2/c1-15-7-8-16(2)21(13-15)28-22(29)10-9-20(26-28)23(30)25-18-5-4-6-19(14-18)27-17(3)11-12-24-27/h4-8,11-14H,9-10H2,1-3H3,(H,25,30). The van der Waals surface area contributed by atoms with Crippen molar-refractivity contribution < 1.29 is 9.59 Å². The fourth-order valence-electron chi connectivity index (χ4n) is 3.41. The summed E-state index contributed by atoms with van der Waals surface area (Å²) in [6.07, 6.45) is 2.28. The minimum Gasteiger partial charge on any atom is -0.321 e. The zero-order valence-corrected chi connectivity index (χ0v) is 17.2. The molecule has 1 aliphatic heterocycles. The van der Waals surface area contributed by atoms with E-state index in [2.05, 4.69) is 15.5 Å². The number of nitrogens with zero attached hydrogens (tertiary/aromatic N) is 4. The molecule has 0 unspecified atom stereocenters. The summed E-state index contributed by atoms with van der Waals surface area (Å²) in [7, 11) is 0. The van der Waals surface area contributed by atoms with Crippen LogP contribution in [0.25, 0.3) is 5.69 Å². The summed E-state index contributed by atoms with van der Waals surface area (Å²) in [6.45, 7) is 5.85. The van der Waals surface area contributed by atoms with Crippen LogP contribution in [0.15, 0.2) is 59.8 Å². The molecule has 2 amide bonds. The van der Waals surface area contributed by atoms with Crippen LogP contribution in [0.1, 0.15) is 29.7 Å². The summed E-state index contributed by atoms with van der Waals surface area (Å²) in [5.41, 5.74) is 5.50. The number of aryl methyl sites for hydroxylation is 3. The molecule has 1 N–H and O–H groups in total. The van der Waals surface area contributed by atoms with Crippen LogP contribution in [0.4, 0.5) is 11.4 Å². The maximum Gasteiger partial charge on any atom is 0.271 e. The second-order valence-corrected chi connectivity index (χ2v) is 7.43. The molecule has 0 bridgehead atoms. The predicted molar refractivity (Wildman–Crippen MR) is 117 cm³/mol. The number of hydrogen-bond acceptors (Lipinski definition) is 4. The van der Waals surface area contributed by atoms with Crippen molar-refractivity contribution in [2.45, 2.75) is 33.6 Å². The molecule has 30 heavy (non-hydrogen) atoms. The molecule has 7 nitrogen and oxygen atoms in total. The molecule has 2 aromatic carbocycles. The molecule has 0 radical (unpaired) electrons. The molecular formula is C23H23N5O2. The van der Waals surface area contributed by atoms with Crippen LogP contribution in [-0.2, 0) is 9.59 Å². The van der Waals surface area contributed by atoms with Crippen molar-refractivity contribution in [3.05, 3.63) is 71.5 Å². The first-order valence-corrected chi connectivity index (χ1v) is 9.82. The summed E-state index contributed by atoms with van der Waals surface area (Å²) in [5.74, 6) is -0.427. The number of anilines is 2. The van der Waals surface area contributed by atoms with Crippen molar-refractivity contribution in [2.75, 3.05) is 10.3 Å². The first kappa shape index (κ1) is 19.6. The van der Waals surface area contributed by atoms with Gasteiger partial charge < -0.3 is 5.32 Å². The van der Waals surface area contributed by atoms with Crippen LogP contribution in [0.5, 0.6) is 0 Å². The second kappa shape index (κ2) is 7.94. The number of rotatable bonds is 4. The Morgan fingerprint density at radius 1 is 1.03 bits per heavy atom. The molecule has 0 fully saturated rings. The van der Waals surface area contributed by atoms with E-state index in [1.54, 1.807) is 10.9 Å². The van der Waals surface area contributed by atoms with Gasteiger partial charge in [-0.15, -0.1) is 0 Å². The molecule has 152 valence electrons. The zero-order chi connectivity index (χ0) is 21.3. The third-order valence-corrected chi connectivity index (χ3v) is 5.07. The van der Waals surface area contributed by atoms with Gasteiger partial charge in [0.05, 0.1) is 11.4 Å². The number of amides is 2. The van der Waals surface area contributed by atoms with E-state index in [4.69, 9.17) is 0 Å². The molecule has 0 atom stereocenters. The number of hydrogen-bond donors (Lipinski definition) is 1.